The first-order valence-electron chi connectivity index (χ1n) is 10.8. The van der Waals surface area contributed by atoms with Crippen molar-refractivity contribution in [1.82, 2.24) is 14.9 Å². The molecule has 0 aliphatic carbocycles. The second kappa shape index (κ2) is 9.92. The molecule has 33 heavy (non-hydrogen) atoms. The minimum absolute atomic E-state index is 0.0336. The minimum Gasteiger partial charge on any atom is -0.486 e. The fourth-order valence-electron chi connectivity index (χ4n) is 3.78. The van der Waals surface area contributed by atoms with Crippen LogP contribution >= 0.6 is 0 Å². The molecule has 2 atom stereocenters. The summed E-state index contributed by atoms with van der Waals surface area (Å²) in [5.41, 5.74) is 0.840. The summed E-state index contributed by atoms with van der Waals surface area (Å²) in [6, 6.07) is 6.60. The van der Waals surface area contributed by atoms with E-state index in [1.54, 1.807) is 41.6 Å². The van der Waals surface area contributed by atoms with E-state index in [2.05, 4.69) is 14.9 Å². The van der Waals surface area contributed by atoms with Gasteiger partial charge in [-0.2, -0.15) is 0 Å². The van der Waals surface area contributed by atoms with E-state index in [1.807, 2.05) is 6.92 Å². The number of hydrogen-bond acceptors (Lipinski definition) is 9. The van der Waals surface area contributed by atoms with Gasteiger partial charge >= 0.3 is 6.09 Å². The van der Waals surface area contributed by atoms with Crippen molar-refractivity contribution >= 4 is 21.9 Å². The normalized spacial score (nSPS) is 21.2. The van der Waals surface area contributed by atoms with Crippen molar-refractivity contribution in [1.29, 1.82) is 0 Å². The van der Waals surface area contributed by atoms with E-state index >= 15 is 0 Å². The zero-order valence-electron chi connectivity index (χ0n) is 18.7. The predicted octanol–water partition coefficient (Wildman–Crippen LogP) is 1.90. The quantitative estimate of drug-likeness (QED) is 0.617. The molecule has 0 saturated carbocycles. The summed E-state index contributed by atoms with van der Waals surface area (Å²) in [4.78, 5) is 25.3. The van der Waals surface area contributed by atoms with Crippen LogP contribution in [0.1, 0.15) is 18.9 Å². The third-order valence-corrected chi connectivity index (χ3v) is 6.80. The molecular formula is C22H28N4O6S. The molecule has 3 heterocycles. The first-order valence-corrected chi connectivity index (χ1v) is 12.7. The summed E-state index contributed by atoms with van der Waals surface area (Å²) in [7, 11) is -3.22. The number of hydrogen-bond donors (Lipinski definition) is 0. The van der Waals surface area contributed by atoms with Crippen LogP contribution in [0.3, 0.4) is 0 Å². The van der Waals surface area contributed by atoms with Gasteiger partial charge in [0.2, 0.25) is 5.95 Å². The highest BCUT2D eigenvalue weighted by molar-refractivity contribution is 7.90. The average Bonchev–Trinajstić information content (AvgIpc) is 3.31. The molecule has 11 heteroatoms. The van der Waals surface area contributed by atoms with Gasteiger partial charge in [-0.05, 0) is 24.6 Å². The Morgan fingerprint density at radius 2 is 1.91 bits per heavy atom. The Morgan fingerprint density at radius 3 is 2.52 bits per heavy atom. The third kappa shape index (κ3) is 5.91. The Bertz CT molecular complexity index is 1060. The first kappa shape index (κ1) is 23.2. The fourth-order valence-corrected chi connectivity index (χ4v) is 4.41. The lowest BCUT2D eigenvalue weighted by Gasteiger charge is -2.39. The predicted molar refractivity (Wildman–Crippen MR) is 120 cm³/mol. The van der Waals surface area contributed by atoms with E-state index < -0.39 is 9.84 Å². The smallest absolute Gasteiger partial charge is 0.410 e. The standard InChI is InChI=1S/C22H28N4O6S/c1-16-13-25(22(27)32-18-7-10-30-15-18)8-9-26(16)21-23-11-19(12-24-21)31-14-17-3-5-20(6-4-17)33(2,28)29/h3-6,11-12,16,18H,7-10,13-15H2,1-2H3/t16?,18-/m1/s1. The maximum Gasteiger partial charge on any atom is 0.410 e. The van der Waals surface area contributed by atoms with Gasteiger partial charge in [0.15, 0.2) is 15.6 Å². The molecule has 4 rings (SSSR count). The summed E-state index contributed by atoms with van der Waals surface area (Å²) in [6.45, 7) is 5.05. The zero-order chi connectivity index (χ0) is 23.4. The van der Waals surface area contributed by atoms with Gasteiger partial charge in [0.1, 0.15) is 12.7 Å². The van der Waals surface area contributed by atoms with Crippen molar-refractivity contribution in [3.05, 3.63) is 42.2 Å². The Kier molecular flexibility index (Phi) is 6.99. The summed E-state index contributed by atoms with van der Waals surface area (Å²) >= 11 is 0. The van der Waals surface area contributed by atoms with Crippen LogP contribution in [0.15, 0.2) is 41.6 Å². The topological polar surface area (TPSA) is 111 Å². The maximum absolute atomic E-state index is 12.4. The molecular weight excluding hydrogens is 448 g/mol. The number of benzene rings is 1. The summed E-state index contributed by atoms with van der Waals surface area (Å²) < 4.78 is 39.6. The molecule has 1 unspecified atom stereocenters. The van der Waals surface area contributed by atoms with E-state index in [0.29, 0.717) is 44.5 Å². The number of sulfone groups is 1. The van der Waals surface area contributed by atoms with Crippen molar-refractivity contribution < 1.29 is 27.4 Å². The molecule has 0 N–H and O–H groups in total. The van der Waals surface area contributed by atoms with Crippen LogP contribution in [-0.2, 0) is 25.9 Å². The largest absolute Gasteiger partial charge is 0.486 e. The number of piperazine rings is 1. The molecule has 0 spiro atoms. The second-order valence-corrected chi connectivity index (χ2v) is 10.3. The van der Waals surface area contributed by atoms with Gasteiger partial charge in [-0.15, -0.1) is 0 Å². The van der Waals surface area contributed by atoms with Crippen LogP contribution in [0, 0.1) is 0 Å². The number of rotatable bonds is 6. The molecule has 0 radical (unpaired) electrons. The van der Waals surface area contributed by atoms with Crippen molar-refractivity contribution in [2.75, 3.05) is 44.0 Å². The SMILES string of the molecule is CC1CN(C(=O)O[C@@H]2CCOC2)CCN1c1ncc(OCc2ccc(S(C)(=O)=O)cc2)cn1. The molecule has 1 aromatic heterocycles. The Labute approximate surface area is 193 Å². The Balaban J connectivity index is 1.28. The van der Waals surface area contributed by atoms with E-state index in [0.717, 1.165) is 12.0 Å². The number of amides is 1. The van der Waals surface area contributed by atoms with Gasteiger partial charge in [0, 0.05) is 38.4 Å². The zero-order valence-corrected chi connectivity index (χ0v) is 19.5. The van der Waals surface area contributed by atoms with Crippen molar-refractivity contribution in [2.45, 2.75) is 37.0 Å². The molecule has 2 aromatic rings. The van der Waals surface area contributed by atoms with Crippen molar-refractivity contribution in [3.63, 3.8) is 0 Å². The van der Waals surface area contributed by atoms with E-state index in [9.17, 15) is 13.2 Å². The monoisotopic (exact) mass is 476 g/mol. The summed E-state index contributed by atoms with van der Waals surface area (Å²) in [5.74, 6) is 1.09. The first-order chi connectivity index (χ1) is 15.8. The second-order valence-electron chi connectivity index (χ2n) is 8.28. The third-order valence-electron chi connectivity index (χ3n) is 5.67. The molecule has 2 fully saturated rings. The van der Waals surface area contributed by atoms with E-state index in [4.69, 9.17) is 14.2 Å². The fraction of sp³-hybridized carbons (Fsp3) is 0.500. The van der Waals surface area contributed by atoms with Gasteiger partial charge in [-0.25, -0.2) is 23.2 Å². The molecule has 2 aliphatic rings. The van der Waals surface area contributed by atoms with Crippen LogP contribution in [0.2, 0.25) is 0 Å². The number of nitrogens with zero attached hydrogens (tertiary/aromatic N) is 4. The van der Waals surface area contributed by atoms with Crippen LogP contribution in [0.5, 0.6) is 5.75 Å². The molecule has 2 saturated heterocycles. The Hall–Kier alpha value is -2.92. The molecule has 1 amide bonds. The molecule has 178 valence electrons. The minimum atomic E-state index is -3.22. The number of aromatic nitrogens is 2. The highest BCUT2D eigenvalue weighted by atomic mass is 32.2. The van der Waals surface area contributed by atoms with Crippen molar-refractivity contribution in [2.24, 2.45) is 0 Å². The highest BCUT2D eigenvalue weighted by Crippen LogP contribution is 2.20. The molecule has 2 aliphatic heterocycles. The Morgan fingerprint density at radius 1 is 1.18 bits per heavy atom. The van der Waals surface area contributed by atoms with Gasteiger partial charge in [-0.3, -0.25) is 0 Å². The average molecular weight is 477 g/mol. The van der Waals surface area contributed by atoms with Crippen LogP contribution in [0.4, 0.5) is 10.7 Å². The number of anilines is 1. The van der Waals surface area contributed by atoms with Crippen LogP contribution in [-0.4, -0.2) is 80.6 Å². The summed E-state index contributed by atoms with van der Waals surface area (Å²) in [6.07, 6.45) is 4.69. The number of ether oxygens (including phenoxy) is 3. The maximum atomic E-state index is 12.4. The lowest BCUT2D eigenvalue weighted by atomic mass is 10.2. The summed E-state index contributed by atoms with van der Waals surface area (Å²) in [5, 5.41) is 0. The molecule has 1 aromatic carbocycles. The molecule has 10 nitrogen and oxygen atoms in total. The number of carbonyl (C=O) groups excluding carboxylic acids is 1. The lowest BCUT2D eigenvalue weighted by molar-refractivity contribution is 0.0507. The van der Waals surface area contributed by atoms with E-state index in [1.165, 1.54) is 6.26 Å². The van der Waals surface area contributed by atoms with Gasteiger partial charge in [-0.1, -0.05) is 12.1 Å². The van der Waals surface area contributed by atoms with Crippen molar-refractivity contribution in [3.8, 4) is 5.75 Å². The van der Waals surface area contributed by atoms with Gasteiger partial charge < -0.3 is 24.0 Å². The van der Waals surface area contributed by atoms with E-state index in [-0.39, 0.29) is 29.7 Å². The van der Waals surface area contributed by atoms with Crippen LogP contribution < -0.4 is 9.64 Å². The van der Waals surface area contributed by atoms with Gasteiger partial charge in [0.05, 0.1) is 30.5 Å². The van der Waals surface area contributed by atoms with Gasteiger partial charge in [0.25, 0.3) is 0 Å². The number of carbonyl (C=O) groups is 1. The molecule has 0 bridgehead atoms. The highest BCUT2D eigenvalue weighted by Gasteiger charge is 2.31. The van der Waals surface area contributed by atoms with Crippen LogP contribution in [0.25, 0.3) is 0 Å². The lowest BCUT2D eigenvalue weighted by Crippen LogP contribution is -2.54.